The summed E-state index contributed by atoms with van der Waals surface area (Å²) < 4.78 is 31.7. The van der Waals surface area contributed by atoms with Gasteiger partial charge < -0.3 is 28.4 Å². The molecule has 1 aromatic carbocycles. The van der Waals surface area contributed by atoms with Crippen molar-refractivity contribution in [2.75, 3.05) is 13.2 Å². The van der Waals surface area contributed by atoms with E-state index in [0.29, 0.717) is 0 Å². The first-order valence-corrected chi connectivity index (χ1v) is 9.60. The van der Waals surface area contributed by atoms with Gasteiger partial charge in [0.25, 0.3) is 0 Å². The Hall–Kier alpha value is -3.47. The van der Waals surface area contributed by atoms with Gasteiger partial charge in [0.2, 0.25) is 18.0 Å². The average molecular weight is 452 g/mol. The summed E-state index contributed by atoms with van der Waals surface area (Å²) in [5, 5.41) is 0. The van der Waals surface area contributed by atoms with Crippen molar-refractivity contribution in [3.63, 3.8) is 0 Å². The lowest BCUT2D eigenvalue weighted by atomic mass is 9.92. The predicted molar refractivity (Wildman–Crippen MR) is 104 cm³/mol. The molecule has 0 aromatic heterocycles. The molecular weight excluding hydrogens is 428 g/mol. The Morgan fingerprint density at radius 3 is 2.00 bits per heavy atom. The molecule has 1 saturated heterocycles. The topological polar surface area (TPSA) is 141 Å². The van der Waals surface area contributed by atoms with E-state index in [4.69, 9.17) is 28.4 Å². The lowest BCUT2D eigenvalue weighted by Crippen LogP contribution is -2.58. The van der Waals surface area contributed by atoms with Crippen LogP contribution >= 0.6 is 0 Å². The van der Waals surface area contributed by atoms with Crippen molar-refractivity contribution >= 4 is 29.8 Å². The summed E-state index contributed by atoms with van der Waals surface area (Å²) in [5.41, 5.74) is -1.71. The van der Waals surface area contributed by atoms with Gasteiger partial charge in [-0.3, -0.25) is 19.2 Å². The van der Waals surface area contributed by atoms with E-state index in [2.05, 4.69) is 0 Å². The number of esters is 5. The molecule has 0 N–H and O–H groups in total. The highest BCUT2D eigenvalue weighted by molar-refractivity contribution is 5.89. The zero-order valence-electron chi connectivity index (χ0n) is 18.0. The lowest BCUT2D eigenvalue weighted by molar-refractivity contribution is -0.205. The summed E-state index contributed by atoms with van der Waals surface area (Å²) in [4.78, 5) is 59.1. The molecule has 0 bridgehead atoms. The summed E-state index contributed by atoms with van der Waals surface area (Å²) in [5.74, 6) is -3.86. The summed E-state index contributed by atoms with van der Waals surface area (Å²) in [6, 6.07) is 8.05. The van der Waals surface area contributed by atoms with Crippen molar-refractivity contribution in [3.8, 4) is 0 Å². The molecule has 0 radical (unpaired) electrons. The van der Waals surface area contributed by atoms with Crippen LogP contribution in [0.3, 0.4) is 0 Å². The van der Waals surface area contributed by atoms with E-state index in [9.17, 15) is 24.0 Å². The standard InChI is InChI=1S/C21H24O11/c1-12(22)28-11-21(32-15(4)25)17(10-27-19(26)16-8-6-5-7-9-16)31-20(30-14(3)24)18(21)29-13(2)23/h5-9,17-18,20H,10-11H2,1-4H3/t17-,18+,20+,21+/m1/s1. The van der Waals surface area contributed by atoms with Crippen LogP contribution in [0.1, 0.15) is 38.1 Å². The molecule has 1 aliphatic heterocycles. The van der Waals surface area contributed by atoms with Crippen molar-refractivity contribution in [1.29, 1.82) is 0 Å². The second-order valence-electron chi connectivity index (χ2n) is 6.93. The average Bonchev–Trinajstić information content (AvgIpc) is 2.96. The summed E-state index contributed by atoms with van der Waals surface area (Å²) in [6.07, 6.45) is -4.34. The molecule has 4 atom stereocenters. The minimum atomic E-state index is -1.96. The molecule has 11 heteroatoms. The lowest BCUT2D eigenvalue weighted by Gasteiger charge is -2.35. The molecule has 1 aromatic rings. The van der Waals surface area contributed by atoms with Crippen LogP contribution in [0, 0.1) is 0 Å². The SMILES string of the molecule is CC(=O)OC[C@]1(OC(C)=O)[C@@H](COC(=O)c2ccccc2)O[C@H](OC(C)=O)[C@@H]1OC(C)=O. The predicted octanol–water partition coefficient (Wildman–Crippen LogP) is 0.928. The molecule has 32 heavy (non-hydrogen) atoms. The van der Waals surface area contributed by atoms with Crippen LogP contribution in [-0.4, -0.2) is 67.2 Å². The maximum Gasteiger partial charge on any atom is 0.338 e. The fourth-order valence-electron chi connectivity index (χ4n) is 3.15. The molecule has 0 amide bonds. The molecule has 11 nitrogen and oxygen atoms in total. The highest BCUT2D eigenvalue weighted by Gasteiger charge is 2.64. The molecule has 0 unspecified atom stereocenters. The minimum Gasteiger partial charge on any atom is -0.461 e. The number of benzene rings is 1. The van der Waals surface area contributed by atoms with Gasteiger partial charge in [0.05, 0.1) is 5.56 Å². The smallest absolute Gasteiger partial charge is 0.338 e. The maximum absolute atomic E-state index is 12.4. The van der Waals surface area contributed by atoms with Gasteiger partial charge in [0, 0.05) is 27.7 Å². The molecule has 1 heterocycles. The number of hydrogen-bond acceptors (Lipinski definition) is 11. The Labute approximate surface area is 183 Å². The summed E-state index contributed by atoms with van der Waals surface area (Å²) in [6.45, 7) is 3.25. The third-order valence-electron chi connectivity index (χ3n) is 4.36. The van der Waals surface area contributed by atoms with Gasteiger partial charge in [0.15, 0.2) is 0 Å². The quantitative estimate of drug-likeness (QED) is 0.411. The highest BCUT2D eigenvalue weighted by atomic mass is 16.8. The Morgan fingerprint density at radius 2 is 1.47 bits per heavy atom. The third kappa shape index (κ3) is 6.27. The number of hydrogen-bond donors (Lipinski definition) is 0. The second kappa shape index (κ2) is 10.7. The van der Waals surface area contributed by atoms with E-state index in [1.165, 1.54) is 12.1 Å². The maximum atomic E-state index is 12.4. The minimum absolute atomic E-state index is 0.247. The molecule has 0 aliphatic carbocycles. The van der Waals surface area contributed by atoms with Crippen molar-refractivity contribution < 1.29 is 52.4 Å². The number of carbonyl (C=O) groups excluding carboxylic acids is 5. The normalized spacial score (nSPS) is 24.2. The highest BCUT2D eigenvalue weighted by Crippen LogP contribution is 2.38. The Bertz CT molecular complexity index is 866. The molecule has 1 fully saturated rings. The largest absolute Gasteiger partial charge is 0.461 e. The van der Waals surface area contributed by atoms with Crippen LogP contribution < -0.4 is 0 Å². The zero-order valence-corrected chi connectivity index (χ0v) is 18.0. The van der Waals surface area contributed by atoms with Gasteiger partial charge in [-0.25, -0.2) is 4.79 Å². The first kappa shape index (κ1) is 24.8. The Kier molecular flexibility index (Phi) is 8.30. The zero-order chi connectivity index (χ0) is 23.9. The van der Waals surface area contributed by atoms with Crippen LogP contribution in [0.5, 0.6) is 0 Å². The van der Waals surface area contributed by atoms with Gasteiger partial charge in [-0.1, -0.05) is 18.2 Å². The van der Waals surface area contributed by atoms with E-state index in [-0.39, 0.29) is 5.56 Å². The molecule has 0 spiro atoms. The van der Waals surface area contributed by atoms with Gasteiger partial charge in [0.1, 0.15) is 19.3 Å². The van der Waals surface area contributed by atoms with Crippen molar-refractivity contribution in [3.05, 3.63) is 35.9 Å². The first-order chi connectivity index (χ1) is 15.0. The van der Waals surface area contributed by atoms with Gasteiger partial charge in [-0.2, -0.15) is 0 Å². The van der Waals surface area contributed by atoms with Crippen molar-refractivity contribution in [2.24, 2.45) is 0 Å². The third-order valence-corrected chi connectivity index (χ3v) is 4.36. The van der Waals surface area contributed by atoms with Gasteiger partial charge in [-0.05, 0) is 12.1 Å². The van der Waals surface area contributed by atoms with Crippen LogP contribution in [0.2, 0.25) is 0 Å². The monoisotopic (exact) mass is 452 g/mol. The molecule has 174 valence electrons. The van der Waals surface area contributed by atoms with E-state index in [1.807, 2.05) is 0 Å². The molecule has 1 aliphatic rings. The van der Waals surface area contributed by atoms with E-state index < -0.39 is 67.2 Å². The van der Waals surface area contributed by atoms with E-state index in [0.717, 1.165) is 27.7 Å². The van der Waals surface area contributed by atoms with E-state index in [1.54, 1.807) is 18.2 Å². The summed E-state index contributed by atoms with van der Waals surface area (Å²) >= 11 is 0. The summed E-state index contributed by atoms with van der Waals surface area (Å²) in [7, 11) is 0. The molecule has 2 rings (SSSR count). The van der Waals surface area contributed by atoms with Gasteiger partial charge >= 0.3 is 29.8 Å². The molecular formula is C21H24O11. The fraction of sp³-hybridized carbons (Fsp3) is 0.476. The van der Waals surface area contributed by atoms with E-state index >= 15 is 0 Å². The van der Waals surface area contributed by atoms with Crippen LogP contribution in [0.25, 0.3) is 0 Å². The number of rotatable bonds is 8. The number of carbonyl (C=O) groups is 5. The fourth-order valence-corrected chi connectivity index (χ4v) is 3.15. The van der Waals surface area contributed by atoms with Crippen molar-refractivity contribution in [1.82, 2.24) is 0 Å². The Balaban J connectivity index is 2.41. The van der Waals surface area contributed by atoms with Crippen LogP contribution in [-0.2, 0) is 47.6 Å². The van der Waals surface area contributed by atoms with Crippen LogP contribution in [0.4, 0.5) is 0 Å². The molecule has 0 saturated carbocycles. The number of ether oxygens (including phenoxy) is 6. The van der Waals surface area contributed by atoms with Crippen LogP contribution in [0.15, 0.2) is 30.3 Å². The van der Waals surface area contributed by atoms with Crippen molar-refractivity contribution in [2.45, 2.75) is 51.8 Å². The Morgan fingerprint density at radius 1 is 0.844 bits per heavy atom. The van der Waals surface area contributed by atoms with Gasteiger partial charge in [-0.15, -0.1) is 0 Å². The first-order valence-electron chi connectivity index (χ1n) is 9.60. The second-order valence-corrected chi connectivity index (χ2v) is 6.93.